The van der Waals surface area contributed by atoms with Crippen LogP contribution in [0.25, 0.3) is 0 Å². The molecule has 3 aromatic rings. The van der Waals surface area contributed by atoms with Crippen LogP contribution in [-0.2, 0) is 0 Å². The van der Waals surface area contributed by atoms with Crippen molar-refractivity contribution in [3.05, 3.63) is 96.6 Å². The summed E-state index contributed by atoms with van der Waals surface area (Å²) in [5.74, 6) is 0.819. The normalized spacial score (nSPS) is 12.2. The highest BCUT2D eigenvalue weighted by Gasteiger charge is 2.44. The van der Waals surface area contributed by atoms with Crippen molar-refractivity contribution in [1.29, 1.82) is 0 Å². The average Bonchev–Trinajstić information content (AvgIpc) is 2.68. The number of amidine groups is 1. The first-order valence-electron chi connectivity index (χ1n) is 9.02. The van der Waals surface area contributed by atoms with Crippen LogP contribution in [0.5, 0.6) is 0 Å². The molecule has 0 aliphatic carbocycles. The topological polar surface area (TPSA) is 24.4 Å². The molecule has 0 amide bonds. The maximum absolute atomic E-state index is 7.38. The SMILES string of the molecule is CC(C)(C)N=C(N[P+](Cl)(c1ccccc1)c1ccccc1)c1ccccc1.[Cl-]. The van der Waals surface area contributed by atoms with E-state index in [1.54, 1.807) is 0 Å². The van der Waals surface area contributed by atoms with Gasteiger partial charge in [0, 0.05) is 5.56 Å². The Morgan fingerprint density at radius 2 is 1.14 bits per heavy atom. The van der Waals surface area contributed by atoms with Gasteiger partial charge in [0.15, 0.2) is 5.84 Å². The van der Waals surface area contributed by atoms with E-state index in [0.717, 1.165) is 22.0 Å². The molecule has 0 atom stereocenters. The molecular weight excluding hydrogens is 406 g/mol. The predicted molar refractivity (Wildman–Crippen MR) is 121 cm³/mol. The standard InChI is InChI=1S/C23H25ClN2P.ClH/c1-23(2,3)25-22(19-13-7-4-8-14-19)26-27(24,20-15-9-5-10-16-20)21-17-11-6-12-18-21;/h4-18H,1-3H3,(H,25,26);1H/q+1;/p-1. The van der Waals surface area contributed by atoms with Crippen LogP contribution >= 0.6 is 18.0 Å². The molecule has 0 radical (unpaired) electrons. The van der Waals surface area contributed by atoms with E-state index >= 15 is 0 Å². The van der Waals surface area contributed by atoms with Gasteiger partial charge in [-0.3, -0.25) is 4.99 Å². The third-order valence-electron chi connectivity index (χ3n) is 3.98. The molecule has 0 aliphatic rings. The number of rotatable bonds is 4. The van der Waals surface area contributed by atoms with E-state index < -0.39 is 6.77 Å². The molecular formula is C23H25Cl2N2P. The summed E-state index contributed by atoms with van der Waals surface area (Å²) in [5.41, 5.74) is 0.803. The van der Waals surface area contributed by atoms with Crippen molar-refractivity contribution in [2.24, 2.45) is 4.99 Å². The average molecular weight is 431 g/mol. The van der Waals surface area contributed by atoms with Gasteiger partial charge in [0.25, 0.3) is 6.77 Å². The highest BCUT2D eigenvalue weighted by atomic mass is 35.7. The second-order valence-electron chi connectivity index (χ2n) is 7.37. The number of nitrogens with one attached hydrogen (secondary N) is 1. The van der Waals surface area contributed by atoms with Crippen molar-refractivity contribution in [3.8, 4) is 0 Å². The zero-order valence-corrected chi connectivity index (χ0v) is 18.7. The third-order valence-corrected chi connectivity index (χ3v) is 7.94. The van der Waals surface area contributed by atoms with Crippen molar-refractivity contribution in [2.75, 3.05) is 0 Å². The minimum atomic E-state index is -2.39. The molecule has 5 heteroatoms. The molecule has 0 bridgehead atoms. The van der Waals surface area contributed by atoms with Crippen LogP contribution in [-0.4, -0.2) is 11.4 Å². The van der Waals surface area contributed by atoms with E-state index in [1.807, 2.05) is 54.6 Å². The Labute approximate surface area is 179 Å². The van der Waals surface area contributed by atoms with Gasteiger partial charge in [-0.25, -0.2) is 5.09 Å². The van der Waals surface area contributed by atoms with Crippen LogP contribution in [0.15, 0.2) is 96.0 Å². The predicted octanol–water partition coefficient (Wildman–Crippen LogP) is 2.56. The molecule has 0 heterocycles. The van der Waals surface area contributed by atoms with Crippen LogP contribution < -0.4 is 28.1 Å². The summed E-state index contributed by atoms with van der Waals surface area (Å²) in [7, 11) is 0. The molecule has 146 valence electrons. The first-order valence-corrected chi connectivity index (χ1v) is 11.7. The van der Waals surface area contributed by atoms with E-state index in [2.05, 4.69) is 62.3 Å². The van der Waals surface area contributed by atoms with Crippen molar-refractivity contribution in [2.45, 2.75) is 26.3 Å². The number of halogens is 2. The Bertz CT molecular complexity index is 853. The van der Waals surface area contributed by atoms with Gasteiger partial charge in [-0.05, 0) is 45.0 Å². The van der Waals surface area contributed by atoms with Gasteiger partial charge < -0.3 is 12.4 Å². The van der Waals surface area contributed by atoms with Crippen molar-refractivity contribution in [3.63, 3.8) is 0 Å². The van der Waals surface area contributed by atoms with Crippen LogP contribution in [0, 0.1) is 0 Å². The number of aliphatic imine (C=N–C) groups is 1. The van der Waals surface area contributed by atoms with Gasteiger partial charge in [0.2, 0.25) is 0 Å². The maximum Gasteiger partial charge on any atom is 0.267 e. The first kappa shape index (κ1) is 22.4. The monoisotopic (exact) mass is 430 g/mol. The Balaban J connectivity index is 0.00000280. The summed E-state index contributed by atoms with van der Waals surface area (Å²) in [6.45, 7) is 3.89. The Morgan fingerprint density at radius 1 is 0.750 bits per heavy atom. The molecule has 0 aliphatic heterocycles. The van der Waals surface area contributed by atoms with Gasteiger partial charge in [-0.15, -0.1) is 0 Å². The van der Waals surface area contributed by atoms with E-state index in [9.17, 15) is 0 Å². The maximum atomic E-state index is 7.38. The lowest BCUT2D eigenvalue weighted by molar-refractivity contribution is -0.00000610. The summed E-state index contributed by atoms with van der Waals surface area (Å²) in [4.78, 5) is 4.96. The second-order valence-corrected chi connectivity index (χ2v) is 11.3. The Morgan fingerprint density at radius 3 is 1.54 bits per heavy atom. The molecule has 0 spiro atoms. The van der Waals surface area contributed by atoms with Crippen molar-refractivity contribution >= 4 is 34.5 Å². The number of hydrogen-bond donors (Lipinski definition) is 1. The summed E-state index contributed by atoms with van der Waals surface area (Å²) in [6.07, 6.45) is 0. The zero-order chi connectivity index (χ0) is 19.3. The highest BCUT2D eigenvalue weighted by molar-refractivity contribution is 8.08. The van der Waals surface area contributed by atoms with E-state index in [-0.39, 0.29) is 17.9 Å². The smallest absolute Gasteiger partial charge is 0.267 e. The molecule has 3 aromatic carbocycles. The lowest BCUT2D eigenvalue weighted by Crippen LogP contribution is -3.00. The molecule has 0 unspecified atom stereocenters. The molecule has 0 saturated carbocycles. The summed E-state index contributed by atoms with van der Waals surface area (Å²) >= 11 is 7.38. The lowest BCUT2D eigenvalue weighted by atomic mass is 10.1. The summed E-state index contributed by atoms with van der Waals surface area (Å²) < 4.78 is 0. The van der Waals surface area contributed by atoms with Gasteiger partial charge in [-0.2, -0.15) is 0 Å². The van der Waals surface area contributed by atoms with E-state index in [4.69, 9.17) is 16.2 Å². The molecule has 0 aromatic heterocycles. The highest BCUT2D eigenvalue weighted by Crippen LogP contribution is 2.57. The lowest BCUT2D eigenvalue weighted by Gasteiger charge is -2.24. The van der Waals surface area contributed by atoms with Crippen molar-refractivity contribution in [1.82, 2.24) is 5.09 Å². The van der Waals surface area contributed by atoms with Crippen LogP contribution in [0.3, 0.4) is 0 Å². The molecule has 1 N–H and O–H groups in total. The fourth-order valence-corrected chi connectivity index (χ4v) is 5.89. The van der Waals surface area contributed by atoms with Crippen molar-refractivity contribution < 1.29 is 12.4 Å². The summed E-state index contributed by atoms with van der Waals surface area (Å²) in [6, 6.07) is 30.7. The largest absolute Gasteiger partial charge is 1.00 e. The van der Waals surface area contributed by atoms with Gasteiger partial charge >= 0.3 is 0 Å². The van der Waals surface area contributed by atoms with Crippen LogP contribution in [0.1, 0.15) is 26.3 Å². The molecule has 0 saturated heterocycles. The van der Waals surface area contributed by atoms with Gasteiger partial charge in [0.05, 0.1) is 5.54 Å². The van der Waals surface area contributed by atoms with Gasteiger partial charge in [0.1, 0.15) is 21.8 Å². The minimum Gasteiger partial charge on any atom is -1.00 e. The minimum absolute atomic E-state index is 0. The molecule has 0 fully saturated rings. The summed E-state index contributed by atoms with van der Waals surface area (Å²) in [5, 5.41) is 5.82. The quantitative estimate of drug-likeness (QED) is 0.384. The fourth-order valence-electron chi connectivity index (χ4n) is 2.78. The van der Waals surface area contributed by atoms with Gasteiger partial charge in [-0.1, -0.05) is 66.7 Å². The number of hydrogen-bond acceptors (Lipinski definition) is 1. The third kappa shape index (κ3) is 5.58. The molecule has 28 heavy (non-hydrogen) atoms. The first-order chi connectivity index (χ1) is 12.9. The second kappa shape index (κ2) is 9.56. The Hall–Kier alpha value is -1.86. The van der Waals surface area contributed by atoms with Crippen LogP contribution in [0.4, 0.5) is 0 Å². The van der Waals surface area contributed by atoms with Crippen LogP contribution in [0.2, 0.25) is 0 Å². The fraction of sp³-hybridized carbons (Fsp3) is 0.174. The molecule has 2 nitrogen and oxygen atoms in total. The number of benzene rings is 3. The Kier molecular flexibility index (Phi) is 7.66. The van der Waals surface area contributed by atoms with E-state index in [1.165, 1.54) is 0 Å². The molecule has 3 rings (SSSR count). The van der Waals surface area contributed by atoms with E-state index in [0.29, 0.717) is 0 Å². The zero-order valence-electron chi connectivity index (χ0n) is 16.3. The number of nitrogens with zero attached hydrogens (tertiary/aromatic N) is 1.